The van der Waals surface area contributed by atoms with Crippen molar-refractivity contribution in [3.8, 4) is 0 Å². The smallest absolute Gasteiger partial charge is 0.322 e. The van der Waals surface area contributed by atoms with Gasteiger partial charge in [-0.2, -0.15) is 5.10 Å². The van der Waals surface area contributed by atoms with Gasteiger partial charge in [-0.25, -0.2) is 4.79 Å². The number of benzene rings is 2. The van der Waals surface area contributed by atoms with Crippen molar-refractivity contribution in [3.05, 3.63) is 59.3 Å². The van der Waals surface area contributed by atoms with Crippen molar-refractivity contribution >= 4 is 34.4 Å². The first-order valence-electron chi connectivity index (χ1n) is 14.2. The standard InChI is InChI=1S/C30H36N6O4/c1-20-14-21(16-24-18-31-33-28(20)24)15-23(29(38)35-10-12-40-13-11-35)17-27(37)34-8-6-25(7-9-34)36-19-22-4-2-3-5-26(22)32-30(36)39/h2-5,14,16,18,23,25H,6-13,15,17,19H2,1H3,(H,31,33)(H,32,39). The van der Waals surface area contributed by atoms with Gasteiger partial charge in [-0.1, -0.05) is 24.3 Å². The summed E-state index contributed by atoms with van der Waals surface area (Å²) in [5, 5.41) is 11.2. The number of H-pyrrole nitrogens is 1. The number of ether oxygens (including phenoxy) is 1. The molecule has 0 saturated carbocycles. The zero-order valence-electron chi connectivity index (χ0n) is 22.9. The molecule has 0 radical (unpaired) electrons. The van der Waals surface area contributed by atoms with Gasteiger partial charge < -0.3 is 24.8 Å². The number of nitrogens with zero attached hydrogens (tertiary/aromatic N) is 4. The van der Waals surface area contributed by atoms with Crippen LogP contribution in [-0.2, 0) is 27.3 Å². The number of nitrogens with one attached hydrogen (secondary N) is 2. The Morgan fingerprint density at radius 3 is 2.65 bits per heavy atom. The second-order valence-corrected chi connectivity index (χ2v) is 11.1. The Hall–Kier alpha value is -3.92. The summed E-state index contributed by atoms with van der Waals surface area (Å²) in [5.74, 6) is -0.434. The van der Waals surface area contributed by atoms with Crippen LogP contribution in [0.3, 0.4) is 0 Å². The Morgan fingerprint density at radius 1 is 1.07 bits per heavy atom. The van der Waals surface area contributed by atoms with Gasteiger partial charge in [0, 0.05) is 56.3 Å². The fourth-order valence-corrected chi connectivity index (χ4v) is 6.29. The lowest BCUT2D eigenvalue weighted by atomic mass is 9.91. The number of aromatic nitrogens is 2. The quantitative estimate of drug-likeness (QED) is 0.495. The molecule has 40 heavy (non-hydrogen) atoms. The number of piperidine rings is 1. The van der Waals surface area contributed by atoms with Gasteiger partial charge >= 0.3 is 6.03 Å². The molecule has 210 valence electrons. The van der Waals surface area contributed by atoms with Crippen molar-refractivity contribution < 1.29 is 19.1 Å². The molecule has 1 aromatic heterocycles. The minimum atomic E-state index is -0.448. The maximum absolute atomic E-state index is 13.6. The molecule has 4 heterocycles. The number of rotatable bonds is 6. The molecule has 0 bridgehead atoms. The third-order valence-electron chi connectivity index (χ3n) is 8.50. The molecule has 3 aromatic rings. The van der Waals surface area contributed by atoms with Crippen LogP contribution in [0.5, 0.6) is 0 Å². The van der Waals surface area contributed by atoms with Crippen LogP contribution in [0.25, 0.3) is 10.9 Å². The number of para-hydroxylation sites is 1. The van der Waals surface area contributed by atoms with Crippen molar-refractivity contribution in [2.24, 2.45) is 5.92 Å². The first-order valence-corrected chi connectivity index (χ1v) is 14.2. The predicted octanol–water partition coefficient (Wildman–Crippen LogP) is 3.32. The fraction of sp³-hybridized carbons (Fsp3) is 0.467. The molecule has 3 aliphatic heterocycles. The Balaban J connectivity index is 1.12. The molecule has 0 spiro atoms. The van der Waals surface area contributed by atoms with E-state index in [9.17, 15) is 14.4 Å². The van der Waals surface area contributed by atoms with E-state index in [0.717, 1.165) is 46.1 Å². The van der Waals surface area contributed by atoms with Crippen molar-refractivity contribution in [1.82, 2.24) is 24.9 Å². The lowest BCUT2D eigenvalue weighted by molar-refractivity contribution is -0.144. The van der Waals surface area contributed by atoms with Gasteiger partial charge in [-0.05, 0) is 55.0 Å². The van der Waals surface area contributed by atoms with Gasteiger partial charge in [0.15, 0.2) is 0 Å². The normalized spacial score (nSPS) is 18.9. The van der Waals surface area contributed by atoms with Gasteiger partial charge in [0.1, 0.15) is 0 Å². The number of carbonyl (C=O) groups is 3. The number of anilines is 1. The number of aromatic amines is 1. The van der Waals surface area contributed by atoms with Gasteiger partial charge in [-0.3, -0.25) is 14.7 Å². The summed E-state index contributed by atoms with van der Waals surface area (Å²) >= 11 is 0. The highest BCUT2D eigenvalue weighted by Crippen LogP contribution is 2.29. The first kappa shape index (κ1) is 26.3. The number of hydrogen-bond donors (Lipinski definition) is 2. The Labute approximate surface area is 233 Å². The van der Waals surface area contributed by atoms with Crippen LogP contribution in [0.2, 0.25) is 0 Å². The van der Waals surface area contributed by atoms with Crippen LogP contribution in [0.1, 0.15) is 36.0 Å². The number of aryl methyl sites for hydroxylation is 1. The second kappa shape index (κ2) is 11.3. The molecule has 2 fully saturated rings. The number of likely N-dealkylation sites (tertiary alicyclic amines) is 1. The maximum Gasteiger partial charge on any atom is 0.322 e. The van der Waals surface area contributed by atoms with E-state index in [-0.39, 0.29) is 30.3 Å². The zero-order valence-corrected chi connectivity index (χ0v) is 22.9. The minimum absolute atomic E-state index is 0.000359. The summed E-state index contributed by atoms with van der Waals surface area (Å²) in [6.45, 7) is 5.91. The number of urea groups is 1. The van der Waals surface area contributed by atoms with Crippen LogP contribution in [0.15, 0.2) is 42.6 Å². The molecule has 1 unspecified atom stereocenters. The third-order valence-corrected chi connectivity index (χ3v) is 8.50. The molecular formula is C30H36N6O4. The molecule has 10 heteroatoms. The van der Waals surface area contributed by atoms with Crippen molar-refractivity contribution in [2.45, 2.75) is 45.2 Å². The average molecular weight is 545 g/mol. The highest BCUT2D eigenvalue weighted by Gasteiger charge is 2.34. The monoisotopic (exact) mass is 544 g/mol. The van der Waals surface area contributed by atoms with E-state index in [0.29, 0.717) is 52.4 Å². The third kappa shape index (κ3) is 5.40. The van der Waals surface area contributed by atoms with Crippen LogP contribution in [-0.4, -0.2) is 88.2 Å². The van der Waals surface area contributed by atoms with Crippen LogP contribution >= 0.6 is 0 Å². The van der Waals surface area contributed by atoms with Gasteiger partial charge in [-0.15, -0.1) is 0 Å². The number of amides is 4. The van der Waals surface area contributed by atoms with Crippen LogP contribution < -0.4 is 5.32 Å². The summed E-state index contributed by atoms with van der Waals surface area (Å²) in [6, 6.07) is 12.0. The molecule has 2 saturated heterocycles. The molecule has 2 aromatic carbocycles. The van der Waals surface area contributed by atoms with E-state index in [2.05, 4.69) is 27.6 Å². The lowest BCUT2D eigenvalue weighted by Crippen LogP contribution is -2.51. The Kier molecular flexibility index (Phi) is 7.42. The topological polar surface area (TPSA) is 111 Å². The molecular weight excluding hydrogens is 508 g/mol. The number of fused-ring (bicyclic) bond motifs is 2. The lowest BCUT2D eigenvalue weighted by Gasteiger charge is -2.41. The number of hydrogen-bond acceptors (Lipinski definition) is 5. The highest BCUT2D eigenvalue weighted by molar-refractivity contribution is 5.92. The summed E-state index contributed by atoms with van der Waals surface area (Å²) < 4.78 is 5.45. The molecule has 2 N–H and O–H groups in total. The van der Waals surface area contributed by atoms with Crippen LogP contribution in [0.4, 0.5) is 10.5 Å². The second-order valence-electron chi connectivity index (χ2n) is 11.1. The van der Waals surface area contributed by atoms with E-state index in [4.69, 9.17) is 4.74 Å². The Bertz CT molecular complexity index is 1410. The van der Waals surface area contributed by atoms with Crippen LogP contribution in [0, 0.1) is 12.8 Å². The van der Waals surface area contributed by atoms with E-state index in [1.165, 1.54) is 0 Å². The zero-order chi connectivity index (χ0) is 27.6. The van der Waals surface area contributed by atoms with E-state index in [1.807, 2.05) is 45.9 Å². The largest absolute Gasteiger partial charge is 0.378 e. The Morgan fingerprint density at radius 2 is 1.85 bits per heavy atom. The highest BCUT2D eigenvalue weighted by atomic mass is 16.5. The van der Waals surface area contributed by atoms with Gasteiger partial charge in [0.05, 0.1) is 30.8 Å². The van der Waals surface area contributed by atoms with Crippen molar-refractivity contribution in [1.29, 1.82) is 0 Å². The van der Waals surface area contributed by atoms with Crippen molar-refractivity contribution in [3.63, 3.8) is 0 Å². The summed E-state index contributed by atoms with van der Waals surface area (Å²) in [4.78, 5) is 45.6. The first-order chi connectivity index (χ1) is 19.5. The molecule has 4 amide bonds. The fourth-order valence-electron chi connectivity index (χ4n) is 6.29. The molecule has 1 atom stereocenters. The summed E-state index contributed by atoms with van der Waals surface area (Å²) in [5.41, 5.74) is 5.06. The molecule has 0 aliphatic carbocycles. The van der Waals surface area contributed by atoms with Gasteiger partial charge in [0.25, 0.3) is 0 Å². The molecule has 10 nitrogen and oxygen atoms in total. The molecule has 6 rings (SSSR count). The predicted molar refractivity (Wildman–Crippen MR) is 151 cm³/mol. The van der Waals surface area contributed by atoms with Crippen molar-refractivity contribution in [2.75, 3.05) is 44.7 Å². The maximum atomic E-state index is 13.6. The average Bonchev–Trinajstić information content (AvgIpc) is 3.46. The minimum Gasteiger partial charge on any atom is -0.378 e. The van der Waals surface area contributed by atoms with Gasteiger partial charge in [0.2, 0.25) is 11.8 Å². The SMILES string of the molecule is Cc1cc(CC(CC(=O)N2CCC(N3Cc4ccccc4NC3=O)CC2)C(=O)N2CCOCC2)cc2cn[nH]c12. The number of carbonyl (C=O) groups excluding carboxylic acids is 3. The summed E-state index contributed by atoms with van der Waals surface area (Å²) in [7, 11) is 0. The number of morpholine rings is 1. The summed E-state index contributed by atoms with van der Waals surface area (Å²) in [6.07, 6.45) is 3.90. The van der Waals surface area contributed by atoms with E-state index >= 15 is 0 Å². The molecule has 3 aliphatic rings. The van der Waals surface area contributed by atoms with E-state index in [1.54, 1.807) is 6.20 Å². The van der Waals surface area contributed by atoms with E-state index < -0.39 is 5.92 Å².